The predicted molar refractivity (Wildman–Crippen MR) is 228 cm³/mol. The van der Waals surface area contributed by atoms with Crippen LogP contribution in [0.15, 0.2) is 173 Å². The van der Waals surface area contributed by atoms with Gasteiger partial charge in [0.2, 0.25) is 0 Å². The maximum atomic E-state index is 6.49. The summed E-state index contributed by atoms with van der Waals surface area (Å²) in [5, 5.41) is 9.13. The fourth-order valence-corrected chi connectivity index (χ4v) is 8.71. The molecular formula is C51H31N3O2. The lowest BCUT2D eigenvalue weighted by Gasteiger charge is -2.21. The van der Waals surface area contributed by atoms with Crippen LogP contribution in [0.4, 0.5) is 0 Å². The Balaban J connectivity index is 0.996. The summed E-state index contributed by atoms with van der Waals surface area (Å²) in [5.41, 5.74) is 10.0. The van der Waals surface area contributed by atoms with Crippen molar-refractivity contribution < 1.29 is 8.83 Å². The van der Waals surface area contributed by atoms with Gasteiger partial charge in [-0.05, 0) is 86.6 Å². The smallest absolute Gasteiger partial charge is 0.167 e. The van der Waals surface area contributed by atoms with Crippen molar-refractivity contribution in [2.45, 2.75) is 12.3 Å². The standard InChI is InChI=1S/C51H31N3O2/c1-2-10-37-30(9-1)19-22-33-29-36(25-26-38(33)37)50-52-49(53-51(54-50)43-15-7-14-41-40-11-3-5-16-44(40)56-48(41)43)35-24-21-31-27-34(23-20-32(31)28-35)39-13-8-18-46-47(39)42-12-4-6-17-45(42)55-46/h1-28,36H,29H2. The van der Waals surface area contributed by atoms with Crippen molar-refractivity contribution in [1.29, 1.82) is 0 Å². The lowest BCUT2D eigenvalue weighted by molar-refractivity contribution is 0.668. The molecule has 56 heavy (non-hydrogen) atoms. The third-order valence-corrected chi connectivity index (χ3v) is 11.4. The van der Waals surface area contributed by atoms with Gasteiger partial charge in [-0.25, -0.2) is 15.0 Å². The maximum Gasteiger partial charge on any atom is 0.167 e. The van der Waals surface area contributed by atoms with E-state index in [2.05, 4.69) is 133 Å². The molecule has 8 aromatic carbocycles. The van der Waals surface area contributed by atoms with Gasteiger partial charge >= 0.3 is 0 Å². The zero-order valence-electron chi connectivity index (χ0n) is 30.1. The van der Waals surface area contributed by atoms with E-state index in [4.69, 9.17) is 23.8 Å². The molecule has 1 atom stereocenters. The quantitative estimate of drug-likeness (QED) is 0.181. The van der Waals surface area contributed by atoms with Crippen LogP contribution in [0.3, 0.4) is 0 Å². The number of hydrogen-bond acceptors (Lipinski definition) is 5. The van der Waals surface area contributed by atoms with Crippen LogP contribution in [0.1, 0.15) is 22.9 Å². The summed E-state index contributed by atoms with van der Waals surface area (Å²) in [6, 6.07) is 55.1. The molecule has 3 heterocycles. The lowest BCUT2D eigenvalue weighted by atomic mass is 9.86. The Morgan fingerprint density at radius 2 is 1.12 bits per heavy atom. The van der Waals surface area contributed by atoms with Crippen LogP contribution >= 0.6 is 0 Å². The fraction of sp³-hybridized carbons (Fsp3) is 0.0392. The molecule has 1 unspecified atom stereocenters. The SMILES string of the molecule is C1=CC(c2nc(-c3ccc4cc(-c5cccc6oc7ccccc7c56)ccc4c3)nc(-c3cccc4c3oc3ccccc34)n2)Cc2ccc3ccccc3c21. The molecule has 0 fully saturated rings. The first-order valence-electron chi connectivity index (χ1n) is 19.0. The van der Waals surface area contributed by atoms with Crippen molar-refractivity contribution >= 4 is 71.5 Å². The number of hydrogen-bond donors (Lipinski definition) is 0. The molecule has 0 N–H and O–H groups in total. The van der Waals surface area contributed by atoms with Crippen molar-refractivity contribution in [3.8, 4) is 33.9 Å². The highest BCUT2D eigenvalue weighted by Gasteiger charge is 2.24. The summed E-state index contributed by atoms with van der Waals surface area (Å²) < 4.78 is 12.7. The Morgan fingerprint density at radius 1 is 0.464 bits per heavy atom. The number of fused-ring (bicyclic) bond motifs is 10. The lowest BCUT2D eigenvalue weighted by Crippen LogP contribution is -2.12. The van der Waals surface area contributed by atoms with E-state index in [1.54, 1.807) is 0 Å². The van der Waals surface area contributed by atoms with Gasteiger partial charge < -0.3 is 8.83 Å². The molecule has 1 aliphatic carbocycles. The first-order chi connectivity index (χ1) is 27.7. The van der Waals surface area contributed by atoms with Crippen molar-refractivity contribution in [2.24, 2.45) is 0 Å². The van der Waals surface area contributed by atoms with Gasteiger partial charge in [-0.15, -0.1) is 0 Å². The summed E-state index contributed by atoms with van der Waals surface area (Å²) in [6.07, 6.45) is 5.30. The average Bonchev–Trinajstić information content (AvgIpc) is 3.84. The molecule has 11 aromatic rings. The van der Waals surface area contributed by atoms with Gasteiger partial charge in [0, 0.05) is 33.0 Å². The number of rotatable bonds is 4. The Morgan fingerprint density at radius 3 is 2.02 bits per heavy atom. The van der Waals surface area contributed by atoms with Crippen LogP contribution in [0, 0.1) is 0 Å². The molecule has 3 aromatic heterocycles. The van der Waals surface area contributed by atoms with E-state index in [1.165, 1.54) is 21.9 Å². The van der Waals surface area contributed by atoms with Gasteiger partial charge in [-0.3, -0.25) is 0 Å². The molecule has 0 bridgehead atoms. The van der Waals surface area contributed by atoms with E-state index < -0.39 is 0 Å². The minimum absolute atomic E-state index is 0.0243. The van der Waals surface area contributed by atoms with Crippen LogP contribution < -0.4 is 0 Å². The molecule has 12 rings (SSSR count). The van der Waals surface area contributed by atoms with Gasteiger partial charge in [-0.1, -0.05) is 133 Å². The maximum absolute atomic E-state index is 6.49. The predicted octanol–water partition coefficient (Wildman–Crippen LogP) is 13.3. The van der Waals surface area contributed by atoms with E-state index >= 15 is 0 Å². The molecule has 262 valence electrons. The second-order valence-electron chi connectivity index (χ2n) is 14.7. The highest BCUT2D eigenvalue weighted by atomic mass is 16.3. The molecule has 5 heteroatoms. The van der Waals surface area contributed by atoms with E-state index in [1.807, 2.05) is 36.4 Å². The second kappa shape index (κ2) is 12.1. The molecule has 0 radical (unpaired) electrons. The van der Waals surface area contributed by atoms with Crippen LogP contribution in [-0.2, 0) is 6.42 Å². The Kier molecular flexibility index (Phi) is 6.69. The third-order valence-electron chi connectivity index (χ3n) is 11.4. The van der Waals surface area contributed by atoms with Crippen molar-refractivity contribution in [3.63, 3.8) is 0 Å². The van der Waals surface area contributed by atoms with Crippen LogP contribution in [-0.4, -0.2) is 15.0 Å². The number of para-hydroxylation sites is 3. The summed E-state index contributed by atoms with van der Waals surface area (Å²) in [4.78, 5) is 15.6. The molecule has 0 amide bonds. The summed E-state index contributed by atoms with van der Waals surface area (Å²) in [7, 11) is 0. The first-order valence-corrected chi connectivity index (χ1v) is 19.0. The highest BCUT2D eigenvalue weighted by Crippen LogP contribution is 2.40. The topological polar surface area (TPSA) is 65.0 Å². The number of benzene rings is 8. The van der Waals surface area contributed by atoms with Gasteiger partial charge in [0.1, 0.15) is 28.2 Å². The summed E-state index contributed by atoms with van der Waals surface area (Å²) in [6.45, 7) is 0. The average molecular weight is 718 g/mol. The van der Waals surface area contributed by atoms with E-state index in [9.17, 15) is 0 Å². The number of nitrogens with zero attached hydrogens (tertiary/aromatic N) is 3. The Labute approximate surface area is 321 Å². The molecule has 0 spiro atoms. The zero-order valence-corrected chi connectivity index (χ0v) is 30.1. The normalized spacial score (nSPS) is 14.1. The van der Waals surface area contributed by atoms with Gasteiger partial charge in [-0.2, -0.15) is 0 Å². The second-order valence-corrected chi connectivity index (χ2v) is 14.7. The van der Waals surface area contributed by atoms with Crippen molar-refractivity contribution in [3.05, 3.63) is 181 Å². The zero-order chi connectivity index (χ0) is 36.7. The Hall–Kier alpha value is -7.37. The minimum Gasteiger partial charge on any atom is -0.456 e. The largest absolute Gasteiger partial charge is 0.456 e. The Bertz CT molecular complexity index is 3430. The monoisotopic (exact) mass is 717 g/mol. The molecule has 0 aliphatic heterocycles. The van der Waals surface area contributed by atoms with Gasteiger partial charge in [0.05, 0.1) is 5.56 Å². The van der Waals surface area contributed by atoms with Crippen LogP contribution in [0.5, 0.6) is 0 Å². The number of furan rings is 2. The highest BCUT2D eigenvalue weighted by molar-refractivity contribution is 6.13. The number of aromatic nitrogens is 3. The van der Waals surface area contributed by atoms with Gasteiger partial charge in [0.15, 0.2) is 11.6 Å². The van der Waals surface area contributed by atoms with Crippen molar-refractivity contribution in [2.75, 3.05) is 0 Å². The number of allylic oxidation sites excluding steroid dienone is 1. The minimum atomic E-state index is -0.0243. The van der Waals surface area contributed by atoms with E-state index in [0.29, 0.717) is 11.6 Å². The van der Waals surface area contributed by atoms with Crippen molar-refractivity contribution in [1.82, 2.24) is 15.0 Å². The molecule has 0 saturated carbocycles. The van der Waals surface area contributed by atoms with E-state index in [-0.39, 0.29) is 5.92 Å². The van der Waals surface area contributed by atoms with Gasteiger partial charge in [0.25, 0.3) is 0 Å². The summed E-state index contributed by atoms with van der Waals surface area (Å²) in [5.74, 6) is 1.95. The summed E-state index contributed by atoms with van der Waals surface area (Å²) >= 11 is 0. The molecular weight excluding hydrogens is 687 g/mol. The van der Waals surface area contributed by atoms with E-state index in [0.717, 1.165) is 89.1 Å². The molecule has 1 aliphatic rings. The third kappa shape index (κ3) is 4.84. The fourth-order valence-electron chi connectivity index (χ4n) is 8.71. The first kappa shape index (κ1) is 31.0. The molecule has 5 nitrogen and oxygen atoms in total. The van der Waals surface area contributed by atoms with Crippen LogP contribution in [0.2, 0.25) is 0 Å². The molecule has 0 saturated heterocycles. The van der Waals surface area contributed by atoms with Crippen LogP contribution in [0.25, 0.3) is 105 Å².